The van der Waals surface area contributed by atoms with Crippen LogP contribution in [0.1, 0.15) is 12.8 Å². The zero-order valence-corrected chi connectivity index (χ0v) is 7.85. The molecule has 0 heterocycles. The molecule has 0 amide bonds. The van der Waals surface area contributed by atoms with Crippen molar-refractivity contribution in [2.45, 2.75) is 12.8 Å². The highest BCUT2D eigenvalue weighted by molar-refractivity contribution is 8.76. The van der Waals surface area contributed by atoms with Crippen molar-refractivity contribution in [3.8, 4) is 0 Å². The lowest BCUT2D eigenvalue weighted by atomic mass is 10.5. The first-order valence-electron chi connectivity index (χ1n) is 3.38. The van der Waals surface area contributed by atoms with E-state index in [0.717, 1.165) is 12.8 Å². The van der Waals surface area contributed by atoms with Gasteiger partial charge in [0.1, 0.15) is 0 Å². The SMILES string of the molecule is C=CCCSSCCC=C. The molecule has 0 aromatic rings. The highest BCUT2D eigenvalue weighted by Crippen LogP contribution is 2.22. The average Bonchev–Trinajstić information content (AvgIpc) is 1.97. The normalized spacial score (nSPS) is 9.20. The van der Waals surface area contributed by atoms with Gasteiger partial charge in [0, 0.05) is 11.5 Å². The maximum Gasteiger partial charge on any atom is 0.00714 e. The molecule has 0 aliphatic heterocycles. The Kier molecular flexibility index (Phi) is 9.35. The average molecular weight is 174 g/mol. The number of hydrogen-bond acceptors (Lipinski definition) is 2. The summed E-state index contributed by atoms with van der Waals surface area (Å²) < 4.78 is 0. The van der Waals surface area contributed by atoms with Crippen molar-refractivity contribution < 1.29 is 0 Å². The van der Waals surface area contributed by atoms with Crippen LogP contribution in [0, 0.1) is 0 Å². The van der Waals surface area contributed by atoms with Crippen molar-refractivity contribution in [1.29, 1.82) is 0 Å². The third kappa shape index (κ3) is 8.18. The number of allylic oxidation sites excluding steroid dienone is 2. The van der Waals surface area contributed by atoms with Crippen molar-refractivity contribution in [3.63, 3.8) is 0 Å². The van der Waals surface area contributed by atoms with Gasteiger partial charge in [-0.25, -0.2) is 0 Å². The van der Waals surface area contributed by atoms with Crippen molar-refractivity contribution in [1.82, 2.24) is 0 Å². The van der Waals surface area contributed by atoms with Gasteiger partial charge < -0.3 is 0 Å². The smallest absolute Gasteiger partial charge is 0.00714 e. The summed E-state index contributed by atoms with van der Waals surface area (Å²) in [6.45, 7) is 7.31. The molecule has 0 saturated carbocycles. The van der Waals surface area contributed by atoms with E-state index in [0.29, 0.717) is 0 Å². The predicted molar refractivity (Wildman–Crippen MR) is 54.5 cm³/mol. The van der Waals surface area contributed by atoms with Crippen LogP contribution in [0.5, 0.6) is 0 Å². The van der Waals surface area contributed by atoms with Gasteiger partial charge in [0.25, 0.3) is 0 Å². The minimum atomic E-state index is 1.12. The quantitative estimate of drug-likeness (QED) is 0.329. The summed E-state index contributed by atoms with van der Waals surface area (Å²) in [6.07, 6.45) is 6.15. The van der Waals surface area contributed by atoms with E-state index >= 15 is 0 Å². The van der Waals surface area contributed by atoms with E-state index in [1.165, 1.54) is 11.5 Å². The molecular weight excluding hydrogens is 160 g/mol. The van der Waals surface area contributed by atoms with Crippen LogP contribution in [0.3, 0.4) is 0 Å². The Morgan fingerprint density at radius 2 is 1.30 bits per heavy atom. The number of hydrogen-bond donors (Lipinski definition) is 0. The molecule has 58 valence electrons. The maximum atomic E-state index is 3.66. The highest BCUT2D eigenvalue weighted by Gasteiger charge is 1.85. The number of rotatable bonds is 7. The third-order valence-corrected chi connectivity index (χ3v) is 3.37. The van der Waals surface area contributed by atoms with Gasteiger partial charge in [-0.15, -0.1) is 13.2 Å². The summed E-state index contributed by atoms with van der Waals surface area (Å²) in [5.41, 5.74) is 0. The molecule has 0 unspecified atom stereocenters. The Hall–Kier alpha value is 0.180. The summed E-state index contributed by atoms with van der Waals surface area (Å²) in [5, 5.41) is 0. The van der Waals surface area contributed by atoms with Crippen LogP contribution in [0.15, 0.2) is 25.3 Å². The molecule has 0 spiro atoms. The topological polar surface area (TPSA) is 0 Å². The van der Waals surface area contributed by atoms with Gasteiger partial charge in [0.15, 0.2) is 0 Å². The van der Waals surface area contributed by atoms with Crippen molar-refractivity contribution in [2.75, 3.05) is 11.5 Å². The Labute approximate surface area is 71.6 Å². The Morgan fingerprint density at radius 1 is 0.900 bits per heavy atom. The molecule has 10 heavy (non-hydrogen) atoms. The highest BCUT2D eigenvalue weighted by atomic mass is 33.1. The van der Waals surface area contributed by atoms with Crippen LogP contribution in [0.4, 0.5) is 0 Å². The Bertz CT molecular complexity index is 77.3. The van der Waals surface area contributed by atoms with Gasteiger partial charge in [-0.3, -0.25) is 0 Å². The molecule has 0 aliphatic carbocycles. The molecule has 0 fully saturated rings. The fourth-order valence-corrected chi connectivity index (χ4v) is 2.43. The van der Waals surface area contributed by atoms with Gasteiger partial charge in [0.2, 0.25) is 0 Å². The van der Waals surface area contributed by atoms with Crippen LogP contribution in [0.25, 0.3) is 0 Å². The Balaban J connectivity index is 2.76. The minimum absolute atomic E-state index is 1.12. The molecule has 0 atom stereocenters. The zero-order chi connectivity index (χ0) is 7.66. The summed E-state index contributed by atoms with van der Waals surface area (Å²) in [5.74, 6) is 2.37. The molecule has 0 aromatic carbocycles. The molecule has 0 bridgehead atoms. The molecule has 0 radical (unpaired) electrons. The lowest BCUT2D eigenvalue weighted by Crippen LogP contribution is -1.73. The molecule has 0 aromatic heterocycles. The molecular formula is C8H14S2. The fraction of sp³-hybridized carbons (Fsp3) is 0.500. The standard InChI is InChI=1S/C8H14S2/c1-3-5-7-9-10-8-6-4-2/h3-4H,1-2,5-8H2. The van der Waals surface area contributed by atoms with Crippen LogP contribution in [-0.4, -0.2) is 11.5 Å². The van der Waals surface area contributed by atoms with Gasteiger partial charge >= 0.3 is 0 Å². The summed E-state index contributed by atoms with van der Waals surface area (Å²) in [7, 11) is 3.83. The summed E-state index contributed by atoms with van der Waals surface area (Å²) >= 11 is 0. The first kappa shape index (κ1) is 10.2. The van der Waals surface area contributed by atoms with Crippen LogP contribution in [-0.2, 0) is 0 Å². The molecule has 0 rings (SSSR count). The van der Waals surface area contributed by atoms with E-state index in [9.17, 15) is 0 Å². The largest absolute Gasteiger partial charge is 0.103 e. The first-order valence-corrected chi connectivity index (χ1v) is 5.87. The molecule has 0 nitrogen and oxygen atoms in total. The second-order valence-electron chi connectivity index (χ2n) is 1.80. The van der Waals surface area contributed by atoms with E-state index in [-0.39, 0.29) is 0 Å². The molecule has 2 heteroatoms. The minimum Gasteiger partial charge on any atom is -0.103 e. The molecule has 0 saturated heterocycles. The van der Waals surface area contributed by atoms with Crippen molar-refractivity contribution in [2.24, 2.45) is 0 Å². The van der Waals surface area contributed by atoms with E-state index in [1.54, 1.807) is 0 Å². The van der Waals surface area contributed by atoms with Crippen LogP contribution in [0.2, 0.25) is 0 Å². The van der Waals surface area contributed by atoms with E-state index in [1.807, 2.05) is 33.7 Å². The van der Waals surface area contributed by atoms with Crippen LogP contribution < -0.4 is 0 Å². The van der Waals surface area contributed by atoms with Gasteiger partial charge in [0.05, 0.1) is 0 Å². The van der Waals surface area contributed by atoms with E-state index in [4.69, 9.17) is 0 Å². The lowest BCUT2D eigenvalue weighted by molar-refractivity contribution is 1.25. The van der Waals surface area contributed by atoms with Crippen molar-refractivity contribution in [3.05, 3.63) is 25.3 Å². The van der Waals surface area contributed by atoms with Crippen LogP contribution >= 0.6 is 21.6 Å². The van der Waals surface area contributed by atoms with E-state index in [2.05, 4.69) is 13.2 Å². The van der Waals surface area contributed by atoms with Crippen molar-refractivity contribution >= 4 is 21.6 Å². The predicted octanol–water partition coefficient (Wildman–Crippen LogP) is 3.52. The Morgan fingerprint density at radius 3 is 1.60 bits per heavy atom. The summed E-state index contributed by atoms with van der Waals surface area (Å²) in [6, 6.07) is 0. The molecule has 0 N–H and O–H groups in total. The molecule has 0 aliphatic rings. The second kappa shape index (κ2) is 9.18. The fourth-order valence-electron chi connectivity index (χ4n) is 0.381. The first-order chi connectivity index (χ1) is 4.91. The monoisotopic (exact) mass is 174 g/mol. The zero-order valence-electron chi connectivity index (χ0n) is 6.21. The van der Waals surface area contributed by atoms with E-state index < -0.39 is 0 Å². The third-order valence-electron chi connectivity index (χ3n) is 0.894. The maximum absolute atomic E-state index is 3.66. The van der Waals surface area contributed by atoms with Gasteiger partial charge in [-0.05, 0) is 12.8 Å². The van der Waals surface area contributed by atoms with Gasteiger partial charge in [-0.2, -0.15) is 0 Å². The van der Waals surface area contributed by atoms with Gasteiger partial charge in [-0.1, -0.05) is 33.7 Å². The lowest BCUT2D eigenvalue weighted by Gasteiger charge is -1.94. The summed E-state index contributed by atoms with van der Waals surface area (Å²) in [4.78, 5) is 0. The second-order valence-corrected chi connectivity index (χ2v) is 4.50.